The molecule has 0 radical (unpaired) electrons. The second-order valence-electron chi connectivity index (χ2n) is 9.34. The lowest BCUT2D eigenvalue weighted by Gasteiger charge is -2.34. The molecule has 1 atom stereocenters. The molecule has 4 rings (SSSR count). The Kier molecular flexibility index (Phi) is 9.32. The Hall–Kier alpha value is -3.05. The molecule has 0 unspecified atom stereocenters. The van der Waals surface area contributed by atoms with Crippen LogP contribution in [0.15, 0.2) is 48.5 Å². The van der Waals surface area contributed by atoms with E-state index in [0.29, 0.717) is 33.6 Å². The average molecular weight is 558 g/mol. The highest BCUT2D eigenvalue weighted by Crippen LogP contribution is 2.29. The van der Waals surface area contributed by atoms with Crippen molar-refractivity contribution in [2.24, 2.45) is 0 Å². The Morgan fingerprint density at radius 3 is 2.45 bits per heavy atom. The molecule has 2 amide bonds. The minimum absolute atomic E-state index is 0.0710. The molecule has 0 saturated carbocycles. The molecule has 0 aliphatic carbocycles. The fourth-order valence-corrected chi connectivity index (χ4v) is 5.15. The number of hydrogen-bond donors (Lipinski definition) is 1. The van der Waals surface area contributed by atoms with Crippen molar-refractivity contribution in [3.8, 4) is 0 Å². The van der Waals surface area contributed by atoms with E-state index in [1.165, 1.54) is 4.90 Å². The van der Waals surface area contributed by atoms with Gasteiger partial charge in [-0.25, -0.2) is 4.79 Å². The Balaban J connectivity index is 1.47. The third-order valence-electron chi connectivity index (χ3n) is 6.70. The molecule has 0 spiro atoms. The lowest BCUT2D eigenvalue weighted by atomic mass is 10.1. The molecule has 11 heteroatoms. The maximum absolute atomic E-state index is 13.6. The van der Waals surface area contributed by atoms with Crippen LogP contribution in [0.3, 0.4) is 0 Å². The summed E-state index contributed by atoms with van der Waals surface area (Å²) in [5.74, 6) is -1.01. The van der Waals surface area contributed by atoms with E-state index in [0.717, 1.165) is 32.7 Å². The lowest BCUT2D eigenvalue weighted by molar-refractivity contribution is -0.124. The Labute approximate surface area is 233 Å². The van der Waals surface area contributed by atoms with Gasteiger partial charge in [-0.2, -0.15) is 0 Å². The van der Waals surface area contributed by atoms with Gasteiger partial charge >= 0.3 is 5.97 Å². The van der Waals surface area contributed by atoms with Crippen LogP contribution in [-0.2, 0) is 14.3 Å². The highest BCUT2D eigenvalue weighted by molar-refractivity contribution is 7.80. The van der Waals surface area contributed by atoms with Gasteiger partial charge in [0.05, 0.1) is 24.3 Å². The third-order valence-corrected chi connectivity index (χ3v) is 7.35. The van der Waals surface area contributed by atoms with Crippen LogP contribution < -0.4 is 10.2 Å². The number of rotatable bonds is 9. The zero-order valence-electron chi connectivity index (χ0n) is 21.6. The van der Waals surface area contributed by atoms with E-state index in [1.807, 2.05) is 4.90 Å². The minimum Gasteiger partial charge on any atom is -0.462 e. The number of halogens is 1. The predicted molar refractivity (Wildman–Crippen MR) is 152 cm³/mol. The van der Waals surface area contributed by atoms with Gasteiger partial charge in [-0.1, -0.05) is 17.7 Å². The first-order valence-electron chi connectivity index (χ1n) is 12.6. The molecule has 2 aliphatic heterocycles. The molecule has 1 N–H and O–H groups in total. The Morgan fingerprint density at radius 2 is 1.79 bits per heavy atom. The van der Waals surface area contributed by atoms with Gasteiger partial charge in [0.1, 0.15) is 6.04 Å². The largest absolute Gasteiger partial charge is 0.462 e. The Bertz CT molecular complexity index is 1190. The van der Waals surface area contributed by atoms with Crippen molar-refractivity contribution in [3.63, 3.8) is 0 Å². The molecule has 0 aromatic heterocycles. The molecule has 38 heavy (non-hydrogen) atoms. The van der Waals surface area contributed by atoms with Crippen molar-refractivity contribution >= 4 is 58.1 Å². The summed E-state index contributed by atoms with van der Waals surface area (Å²) in [5.41, 5.74) is 1.50. The zero-order valence-corrected chi connectivity index (χ0v) is 23.1. The van der Waals surface area contributed by atoms with E-state index >= 15 is 0 Å². The first kappa shape index (κ1) is 28.0. The minimum atomic E-state index is -0.743. The van der Waals surface area contributed by atoms with Crippen molar-refractivity contribution < 1.29 is 19.1 Å². The molecule has 0 bridgehead atoms. The summed E-state index contributed by atoms with van der Waals surface area (Å²) in [6.45, 7) is 7.13. The van der Waals surface area contributed by atoms with Gasteiger partial charge in [-0.15, -0.1) is 0 Å². The van der Waals surface area contributed by atoms with Gasteiger partial charge in [-0.05, 0) is 68.7 Å². The second-order valence-corrected chi connectivity index (χ2v) is 10.1. The second kappa shape index (κ2) is 12.7. The number of anilines is 2. The summed E-state index contributed by atoms with van der Waals surface area (Å²) in [5, 5.41) is 3.69. The monoisotopic (exact) mass is 557 g/mol. The van der Waals surface area contributed by atoms with Gasteiger partial charge in [0, 0.05) is 50.0 Å². The van der Waals surface area contributed by atoms with Crippen molar-refractivity contribution in [1.82, 2.24) is 14.7 Å². The number of carbonyl (C=O) groups excluding carboxylic acids is 3. The van der Waals surface area contributed by atoms with Crippen molar-refractivity contribution in [2.75, 3.05) is 63.1 Å². The smallest absolute Gasteiger partial charge is 0.338 e. The molecule has 2 saturated heterocycles. The molecule has 2 aromatic rings. The molecule has 2 aliphatic rings. The Morgan fingerprint density at radius 1 is 1.08 bits per heavy atom. The number of nitrogens with one attached hydrogen (secondary N) is 1. The summed E-state index contributed by atoms with van der Waals surface area (Å²) < 4.78 is 5.00. The van der Waals surface area contributed by atoms with Gasteiger partial charge in [0.2, 0.25) is 5.91 Å². The van der Waals surface area contributed by atoms with Gasteiger partial charge in [0.15, 0.2) is 5.11 Å². The molecule has 202 valence electrons. The maximum Gasteiger partial charge on any atom is 0.338 e. The predicted octanol–water partition coefficient (Wildman–Crippen LogP) is 3.10. The summed E-state index contributed by atoms with van der Waals surface area (Å²) in [4.78, 5) is 46.5. The molecular formula is C27H32ClN5O4S. The van der Waals surface area contributed by atoms with Crippen LogP contribution in [0.5, 0.6) is 0 Å². The number of carbonyl (C=O) groups is 3. The van der Waals surface area contributed by atoms with E-state index < -0.39 is 12.0 Å². The lowest BCUT2D eigenvalue weighted by Crippen LogP contribution is -2.48. The fourth-order valence-electron chi connectivity index (χ4n) is 4.55. The van der Waals surface area contributed by atoms with Crippen molar-refractivity contribution in [2.45, 2.75) is 19.4 Å². The number of ether oxygens (including phenoxy) is 1. The number of benzene rings is 2. The van der Waals surface area contributed by atoms with Crippen LogP contribution in [0, 0.1) is 0 Å². The molecule has 2 fully saturated rings. The quantitative estimate of drug-likeness (QED) is 0.372. The van der Waals surface area contributed by atoms with Crippen LogP contribution in [0.4, 0.5) is 11.4 Å². The number of esters is 1. The van der Waals surface area contributed by atoms with Gasteiger partial charge < -0.3 is 19.9 Å². The first-order chi connectivity index (χ1) is 18.3. The van der Waals surface area contributed by atoms with Crippen LogP contribution >= 0.6 is 23.8 Å². The number of nitrogens with zero attached hydrogens (tertiary/aromatic N) is 4. The molecular weight excluding hydrogens is 526 g/mol. The maximum atomic E-state index is 13.6. The summed E-state index contributed by atoms with van der Waals surface area (Å²) in [6.07, 6.45) is -0.0710. The van der Waals surface area contributed by atoms with Crippen LogP contribution in [0.1, 0.15) is 23.7 Å². The number of piperazine rings is 1. The van der Waals surface area contributed by atoms with E-state index in [9.17, 15) is 14.4 Å². The van der Waals surface area contributed by atoms with Crippen molar-refractivity contribution in [1.29, 1.82) is 0 Å². The van der Waals surface area contributed by atoms with E-state index in [4.69, 9.17) is 28.6 Å². The van der Waals surface area contributed by atoms with E-state index in [2.05, 4.69) is 22.2 Å². The first-order valence-corrected chi connectivity index (χ1v) is 13.4. The summed E-state index contributed by atoms with van der Waals surface area (Å²) in [6, 6.07) is 12.7. The van der Waals surface area contributed by atoms with Gasteiger partial charge in [0.25, 0.3) is 5.91 Å². The normalized spacial score (nSPS) is 18.7. The topological polar surface area (TPSA) is 85.4 Å². The van der Waals surface area contributed by atoms with Crippen LogP contribution in [0.25, 0.3) is 0 Å². The van der Waals surface area contributed by atoms with Gasteiger partial charge in [-0.3, -0.25) is 19.4 Å². The van der Waals surface area contributed by atoms with Crippen LogP contribution in [-0.4, -0.2) is 96.6 Å². The molecule has 9 nitrogen and oxygen atoms in total. The molecule has 2 heterocycles. The summed E-state index contributed by atoms with van der Waals surface area (Å²) in [7, 11) is 2.10. The van der Waals surface area contributed by atoms with Crippen LogP contribution in [0.2, 0.25) is 5.02 Å². The zero-order chi connectivity index (χ0) is 27.2. The number of thiocarbonyl (C=S) groups is 1. The van der Waals surface area contributed by atoms with E-state index in [1.54, 1.807) is 55.5 Å². The highest BCUT2D eigenvalue weighted by atomic mass is 35.5. The fraction of sp³-hybridized carbons (Fsp3) is 0.407. The van der Waals surface area contributed by atoms with Crippen molar-refractivity contribution in [3.05, 3.63) is 59.1 Å². The number of likely N-dealkylation sites (N-methyl/N-ethyl adjacent to an activating group) is 1. The standard InChI is InChI=1S/C27H32ClN5O4S/c1-3-37-26(36)19-7-9-21(10-8-19)29-24(34)18-23-25(35)33(22-6-4-5-20(28)17-22)27(38)32(23)16-15-31-13-11-30(2)12-14-31/h4-10,17,23H,3,11-16,18H2,1-2H3,(H,29,34)/t23-/m0/s1. The highest BCUT2D eigenvalue weighted by Gasteiger charge is 2.44. The number of amides is 2. The molecule has 2 aromatic carbocycles. The third kappa shape index (κ3) is 6.68. The van der Waals surface area contributed by atoms with E-state index in [-0.39, 0.29) is 24.8 Å². The summed E-state index contributed by atoms with van der Waals surface area (Å²) >= 11 is 11.9. The average Bonchev–Trinajstić information content (AvgIpc) is 3.12. The number of hydrogen-bond acceptors (Lipinski definition) is 7. The SMILES string of the molecule is CCOC(=O)c1ccc(NC(=O)C[C@H]2C(=O)N(c3cccc(Cl)c3)C(=S)N2CCN2CCN(C)CC2)cc1.